The van der Waals surface area contributed by atoms with Gasteiger partial charge >= 0.3 is 5.97 Å². The van der Waals surface area contributed by atoms with Crippen molar-refractivity contribution >= 4 is 63.0 Å². The Bertz CT molecular complexity index is 1130. The Morgan fingerprint density at radius 2 is 1.86 bits per heavy atom. The third-order valence-corrected chi connectivity index (χ3v) is 5.98. The van der Waals surface area contributed by atoms with Crippen molar-refractivity contribution in [3.63, 3.8) is 0 Å². The van der Waals surface area contributed by atoms with Gasteiger partial charge in [-0.1, -0.05) is 46.9 Å². The summed E-state index contributed by atoms with van der Waals surface area (Å²) < 4.78 is 18.6. The van der Waals surface area contributed by atoms with Gasteiger partial charge in [0.05, 0.1) is 22.7 Å². The molecule has 0 aliphatic carbocycles. The number of methoxy groups -OCH3 is 1. The van der Waals surface area contributed by atoms with Crippen LogP contribution in [0.3, 0.4) is 0 Å². The van der Waals surface area contributed by atoms with E-state index in [4.69, 9.17) is 39.5 Å². The smallest absolute Gasteiger partial charge is 0.339 e. The summed E-state index contributed by atoms with van der Waals surface area (Å²) in [6.07, 6.45) is 0. The fourth-order valence-corrected chi connectivity index (χ4v) is 4.42. The van der Waals surface area contributed by atoms with E-state index in [1.165, 1.54) is 36.8 Å². The molecule has 150 valence electrons. The number of carbonyl (C=O) groups excluding carboxylic acids is 1. The molecule has 1 heterocycles. The molecule has 0 aliphatic rings. The van der Waals surface area contributed by atoms with Gasteiger partial charge in [-0.05, 0) is 17.7 Å². The number of rotatable bonds is 5. The maximum absolute atomic E-state index is 13.5. The minimum Gasteiger partial charge on any atom is -0.495 e. The van der Waals surface area contributed by atoms with Crippen LogP contribution >= 0.6 is 46.1 Å². The Morgan fingerprint density at radius 3 is 2.48 bits per heavy atom. The molecule has 29 heavy (non-hydrogen) atoms. The Kier molecular flexibility index (Phi) is 6.33. The first kappa shape index (κ1) is 21.4. The Balaban J connectivity index is 2.03. The zero-order valence-electron chi connectivity index (χ0n) is 14.6. The van der Waals surface area contributed by atoms with Gasteiger partial charge in [0.15, 0.2) is 0 Å². The second kappa shape index (κ2) is 8.59. The van der Waals surface area contributed by atoms with Crippen LogP contribution in [-0.4, -0.2) is 24.1 Å². The van der Waals surface area contributed by atoms with E-state index in [9.17, 15) is 19.1 Å². The number of nitrogens with one attached hydrogen (secondary N) is 1. The maximum Gasteiger partial charge on any atom is 0.339 e. The molecule has 0 aliphatic heterocycles. The lowest BCUT2D eigenvalue weighted by Crippen LogP contribution is -2.15. The first-order valence-corrected chi connectivity index (χ1v) is 9.89. The highest BCUT2D eigenvalue weighted by atomic mass is 35.5. The van der Waals surface area contributed by atoms with Crippen molar-refractivity contribution in [2.75, 3.05) is 12.4 Å². The molecule has 0 bridgehead atoms. The van der Waals surface area contributed by atoms with Crippen molar-refractivity contribution in [3.8, 4) is 16.9 Å². The number of aromatic carboxylic acids is 1. The van der Waals surface area contributed by atoms with Crippen LogP contribution in [0.1, 0.15) is 20.7 Å². The third kappa shape index (κ3) is 4.18. The van der Waals surface area contributed by atoms with E-state index in [0.717, 1.165) is 11.3 Å². The number of ether oxygens (including phenoxy) is 1. The molecule has 10 heteroatoms. The van der Waals surface area contributed by atoms with Crippen molar-refractivity contribution in [2.45, 2.75) is 0 Å². The monoisotopic (exact) mass is 473 g/mol. The molecule has 1 aromatic heterocycles. The van der Waals surface area contributed by atoms with Gasteiger partial charge in [-0.25, -0.2) is 9.18 Å². The zero-order chi connectivity index (χ0) is 21.3. The lowest BCUT2D eigenvalue weighted by Gasteiger charge is -2.12. The van der Waals surface area contributed by atoms with Crippen LogP contribution in [0.4, 0.5) is 9.39 Å². The molecule has 3 rings (SSSR count). The molecule has 1 amide bonds. The first-order valence-electron chi connectivity index (χ1n) is 7.88. The average Bonchev–Trinajstić information content (AvgIpc) is 3.08. The van der Waals surface area contributed by atoms with Gasteiger partial charge in [-0.2, -0.15) is 0 Å². The van der Waals surface area contributed by atoms with E-state index in [1.54, 1.807) is 6.07 Å². The largest absolute Gasteiger partial charge is 0.495 e. The lowest BCUT2D eigenvalue weighted by atomic mass is 10.0. The van der Waals surface area contributed by atoms with Crippen LogP contribution in [0, 0.1) is 5.82 Å². The van der Waals surface area contributed by atoms with Crippen molar-refractivity contribution in [1.82, 2.24) is 0 Å². The van der Waals surface area contributed by atoms with E-state index in [0.29, 0.717) is 5.56 Å². The number of carboxylic acid groups (broad SMARTS) is 1. The van der Waals surface area contributed by atoms with Gasteiger partial charge in [-0.3, -0.25) is 4.79 Å². The van der Waals surface area contributed by atoms with Crippen LogP contribution in [0.25, 0.3) is 11.1 Å². The molecular weight excluding hydrogens is 464 g/mol. The Hall–Kier alpha value is -2.32. The Morgan fingerprint density at radius 1 is 1.14 bits per heavy atom. The van der Waals surface area contributed by atoms with Crippen molar-refractivity contribution in [2.24, 2.45) is 0 Å². The highest BCUT2D eigenvalue weighted by molar-refractivity contribution is 7.15. The van der Waals surface area contributed by atoms with E-state index >= 15 is 0 Å². The second-order valence-corrected chi connectivity index (χ2v) is 7.73. The summed E-state index contributed by atoms with van der Waals surface area (Å²) in [4.78, 5) is 24.6. The minimum atomic E-state index is -1.29. The predicted molar refractivity (Wildman–Crippen MR) is 113 cm³/mol. The van der Waals surface area contributed by atoms with E-state index in [2.05, 4.69) is 5.32 Å². The molecule has 2 N–H and O–H groups in total. The van der Waals surface area contributed by atoms with Gasteiger partial charge < -0.3 is 15.2 Å². The molecule has 0 unspecified atom stereocenters. The average molecular weight is 475 g/mol. The van der Waals surface area contributed by atoms with E-state index < -0.39 is 17.7 Å². The fraction of sp³-hybridized carbons (Fsp3) is 0.0526. The minimum absolute atomic E-state index is 0.00574. The number of hydrogen-bond acceptors (Lipinski definition) is 4. The quantitative estimate of drug-likeness (QED) is 0.415. The number of hydrogen-bond donors (Lipinski definition) is 2. The number of carbonyl (C=O) groups is 2. The summed E-state index contributed by atoms with van der Waals surface area (Å²) in [5.74, 6) is -2.36. The number of thiophene rings is 1. The highest BCUT2D eigenvalue weighted by Gasteiger charge is 2.25. The summed E-state index contributed by atoms with van der Waals surface area (Å²) in [7, 11) is 1.37. The molecule has 3 aromatic rings. The number of carboxylic acids is 1. The number of anilines is 1. The molecule has 0 radical (unpaired) electrons. The van der Waals surface area contributed by atoms with Gasteiger partial charge in [-0.15, -0.1) is 11.3 Å². The summed E-state index contributed by atoms with van der Waals surface area (Å²) in [6.45, 7) is 0. The number of amides is 1. The van der Waals surface area contributed by atoms with Crippen LogP contribution in [-0.2, 0) is 0 Å². The molecule has 0 spiro atoms. The van der Waals surface area contributed by atoms with Crippen molar-refractivity contribution in [1.29, 1.82) is 0 Å². The normalized spacial score (nSPS) is 10.7. The van der Waals surface area contributed by atoms with Gasteiger partial charge in [0, 0.05) is 17.0 Å². The summed E-state index contributed by atoms with van der Waals surface area (Å²) in [5.41, 5.74) is 0.321. The molecule has 0 saturated heterocycles. The zero-order valence-corrected chi connectivity index (χ0v) is 17.6. The van der Waals surface area contributed by atoms with E-state index in [-0.39, 0.29) is 42.5 Å². The Labute approximate surface area is 183 Å². The van der Waals surface area contributed by atoms with E-state index in [1.807, 2.05) is 0 Å². The standard InChI is InChI=1S/C19H11Cl3FNO4S/c1-28-12-6-11(20)14(16(22)15(12)21)17(25)24-18-13(19(26)27)10(7-29-18)8-3-2-4-9(23)5-8/h2-7H,1H3,(H,24,25)(H,26,27). The number of halogens is 4. The topological polar surface area (TPSA) is 75.6 Å². The highest BCUT2D eigenvalue weighted by Crippen LogP contribution is 2.41. The fourth-order valence-electron chi connectivity index (χ4n) is 2.63. The predicted octanol–water partition coefficient (Wildman–Crippen LogP) is 6.47. The molecule has 0 saturated carbocycles. The molecule has 0 atom stereocenters. The van der Waals surface area contributed by atoms with Gasteiger partial charge in [0.1, 0.15) is 27.2 Å². The van der Waals surface area contributed by atoms with Crippen molar-refractivity contribution in [3.05, 3.63) is 67.7 Å². The molecule has 5 nitrogen and oxygen atoms in total. The van der Waals surface area contributed by atoms with Crippen molar-refractivity contribution < 1.29 is 23.8 Å². The molecule has 2 aromatic carbocycles. The second-order valence-electron chi connectivity index (χ2n) is 5.69. The SMILES string of the molecule is COc1cc(Cl)c(C(=O)Nc2scc(-c3cccc(F)c3)c2C(=O)O)c(Cl)c1Cl. The summed E-state index contributed by atoms with van der Waals surface area (Å²) in [5, 5.41) is 13.5. The summed E-state index contributed by atoms with van der Waals surface area (Å²) >= 11 is 19.3. The summed E-state index contributed by atoms with van der Waals surface area (Å²) in [6, 6.07) is 6.81. The lowest BCUT2D eigenvalue weighted by molar-refractivity contribution is 0.0699. The van der Waals surface area contributed by atoms with Gasteiger partial charge in [0.25, 0.3) is 5.91 Å². The first-order chi connectivity index (χ1) is 13.7. The third-order valence-electron chi connectivity index (χ3n) is 3.94. The van der Waals surface area contributed by atoms with Crippen LogP contribution in [0.2, 0.25) is 15.1 Å². The van der Waals surface area contributed by atoms with Gasteiger partial charge in [0.2, 0.25) is 0 Å². The molecular formula is C19H11Cl3FNO4S. The van der Waals surface area contributed by atoms with Crippen LogP contribution in [0.15, 0.2) is 35.7 Å². The van der Waals surface area contributed by atoms with Crippen LogP contribution < -0.4 is 10.1 Å². The maximum atomic E-state index is 13.5. The molecule has 0 fully saturated rings. The van der Waals surface area contributed by atoms with Crippen LogP contribution in [0.5, 0.6) is 5.75 Å². The number of benzene rings is 2.